The smallest absolute Gasteiger partial charge is 0.263 e. The summed E-state index contributed by atoms with van der Waals surface area (Å²) in [6.07, 6.45) is 3.67. The summed E-state index contributed by atoms with van der Waals surface area (Å²) in [5, 5.41) is 3.01. The molecule has 1 aromatic carbocycles. The van der Waals surface area contributed by atoms with Crippen molar-refractivity contribution >= 4 is 17.5 Å². The van der Waals surface area contributed by atoms with Crippen LogP contribution in [0, 0.1) is 5.92 Å². The second kappa shape index (κ2) is 7.87. The van der Waals surface area contributed by atoms with E-state index < -0.39 is 6.10 Å². The molecule has 0 spiro atoms. The molecule has 6 heteroatoms. The number of ether oxygens (including phenoxy) is 2. The van der Waals surface area contributed by atoms with Crippen LogP contribution in [0.25, 0.3) is 0 Å². The van der Waals surface area contributed by atoms with E-state index in [-0.39, 0.29) is 17.7 Å². The van der Waals surface area contributed by atoms with Crippen molar-refractivity contribution in [2.24, 2.45) is 5.92 Å². The lowest BCUT2D eigenvalue weighted by Crippen LogP contribution is -2.39. The first kappa shape index (κ1) is 17.7. The van der Waals surface area contributed by atoms with Crippen molar-refractivity contribution in [3.63, 3.8) is 0 Å². The molecule has 1 aliphatic heterocycles. The summed E-state index contributed by atoms with van der Waals surface area (Å²) in [6.45, 7) is 3.20. The minimum absolute atomic E-state index is 0.0511. The maximum atomic E-state index is 12.4. The Balaban J connectivity index is 1.76. The van der Waals surface area contributed by atoms with Gasteiger partial charge in [0, 0.05) is 37.4 Å². The summed E-state index contributed by atoms with van der Waals surface area (Å²) in [5.41, 5.74) is 1.66. The molecule has 1 heterocycles. The average Bonchev–Trinajstić information content (AvgIpc) is 3.11. The molecule has 6 nitrogen and oxygen atoms in total. The highest BCUT2D eigenvalue weighted by atomic mass is 16.5. The highest BCUT2D eigenvalue weighted by Crippen LogP contribution is 2.30. The van der Waals surface area contributed by atoms with E-state index >= 15 is 0 Å². The summed E-state index contributed by atoms with van der Waals surface area (Å²) in [7, 11) is 1.62. The van der Waals surface area contributed by atoms with Gasteiger partial charge in [0.1, 0.15) is 5.75 Å². The number of carbonyl (C=O) groups is 2. The number of methoxy groups -OCH3 is 1. The summed E-state index contributed by atoms with van der Waals surface area (Å²) in [6, 6.07) is 5.59. The molecule has 0 bridgehead atoms. The number of carbonyl (C=O) groups excluding carboxylic acids is 2. The molecule has 1 aliphatic carbocycles. The van der Waals surface area contributed by atoms with Crippen LogP contribution in [-0.2, 0) is 20.9 Å². The van der Waals surface area contributed by atoms with Gasteiger partial charge in [-0.05, 0) is 38.0 Å². The van der Waals surface area contributed by atoms with Crippen molar-refractivity contribution < 1.29 is 19.1 Å². The summed E-state index contributed by atoms with van der Waals surface area (Å²) < 4.78 is 10.9. The lowest BCUT2D eigenvalue weighted by molar-refractivity contribution is -0.138. The van der Waals surface area contributed by atoms with Crippen LogP contribution in [0.2, 0.25) is 0 Å². The van der Waals surface area contributed by atoms with Crippen molar-refractivity contribution in [2.75, 3.05) is 25.6 Å². The fraction of sp³-hybridized carbons (Fsp3) is 0.579. The van der Waals surface area contributed by atoms with E-state index in [1.807, 2.05) is 18.2 Å². The zero-order valence-electron chi connectivity index (χ0n) is 14.9. The number of hydrogen-bond donors (Lipinski definition) is 1. The van der Waals surface area contributed by atoms with Gasteiger partial charge in [-0.1, -0.05) is 12.8 Å². The van der Waals surface area contributed by atoms with Crippen LogP contribution < -0.4 is 10.1 Å². The van der Waals surface area contributed by atoms with Crippen LogP contribution >= 0.6 is 0 Å². The second-order valence-electron chi connectivity index (χ2n) is 6.81. The number of nitrogens with one attached hydrogen (secondary N) is 1. The lowest BCUT2D eigenvalue weighted by atomic mass is 10.1. The van der Waals surface area contributed by atoms with Gasteiger partial charge in [-0.2, -0.15) is 0 Å². The van der Waals surface area contributed by atoms with E-state index in [2.05, 4.69) is 5.32 Å². The molecule has 136 valence electrons. The Morgan fingerprint density at radius 1 is 1.36 bits per heavy atom. The maximum Gasteiger partial charge on any atom is 0.263 e. The third kappa shape index (κ3) is 4.12. The first-order valence-electron chi connectivity index (χ1n) is 8.96. The van der Waals surface area contributed by atoms with Gasteiger partial charge < -0.3 is 19.7 Å². The van der Waals surface area contributed by atoms with Gasteiger partial charge in [-0.25, -0.2) is 0 Å². The van der Waals surface area contributed by atoms with Crippen LogP contribution in [0.1, 0.15) is 38.2 Å². The zero-order valence-corrected chi connectivity index (χ0v) is 14.9. The molecular formula is C19H26N2O4. The molecule has 2 aliphatic rings. The van der Waals surface area contributed by atoms with E-state index in [4.69, 9.17) is 9.47 Å². The molecule has 1 atom stereocenters. The fourth-order valence-electron chi connectivity index (χ4n) is 3.50. The van der Waals surface area contributed by atoms with Crippen LogP contribution in [0.4, 0.5) is 5.69 Å². The van der Waals surface area contributed by atoms with E-state index in [0.717, 1.165) is 36.9 Å². The molecule has 1 unspecified atom stereocenters. The van der Waals surface area contributed by atoms with Crippen molar-refractivity contribution in [3.05, 3.63) is 23.8 Å². The number of hydrogen-bond acceptors (Lipinski definition) is 4. The summed E-state index contributed by atoms with van der Waals surface area (Å²) in [5.74, 6) is 0.854. The molecule has 3 rings (SSSR count). The highest BCUT2D eigenvalue weighted by molar-refractivity contribution is 5.93. The molecule has 25 heavy (non-hydrogen) atoms. The third-order valence-electron chi connectivity index (χ3n) is 4.94. The fourth-order valence-corrected chi connectivity index (χ4v) is 3.50. The molecule has 0 radical (unpaired) electrons. The number of anilines is 1. The Hall–Kier alpha value is -2.08. The van der Waals surface area contributed by atoms with Gasteiger partial charge in [0.15, 0.2) is 6.10 Å². The van der Waals surface area contributed by atoms with E-state index in [1.165, 1.54) is 0 Å². The topological polar surface area (TPSA) is 67.9 Å². The maximum absolute atomic E-state index is 12.4. The number of amides is 2. The van der Waals surface area contributed by atoms with Gasteiger partial charge in [-0.15, -0.1) is 0 Å². The Morgan fingerprint density at radius 3 is 2.84 bits per heavy atom. The molecule has 2 amide bonds. The van der Waals surface area contributed by atoms with Crippen LogP contribution in [-0.4, -0.2) is 43.1 Å². The Morgan fingerprint density at radius 2 is 2.12 bits per heavy atom. The van der Waals surface area contributed by atoms with Crippen molar-refractivity contribution in [2.45, 2.75) is 45.3 Å². The minimum Gasteiger partial charge on any atom is -0.481 e. The average molecular weight is 346 g/mol. The first-order chi connectivity index (χ1) is 12.1. The predicted octanol–water partition coefficient (Wildman–Crippen LogP) is 2.57. The summed E-state index contributed by atoms with van der Waals surface area (Å²) >= 11 is 0. The van der Waals surface area contributed by atoms with Crippen LogP contribution in [0.5, 0.6) is 5.75 Å². The molecule has 1 N–H and O–H groups in total. The number of nitrogens with zero attached hydrogens (tertiary/aromatic N) is 1. The largest absolute Gasteiger partial charge is 0.481 e. The van der Waals surface area contributed by atoms with Gasteiger partial charge in [-0.3, -0.25) is 9.59 Å². The SMILES string of the molecule is COCCN1Cc2cc(NC(=O)C3CCCC3)ccc2OC(C)C1=O. The van der Waals surface area contributed by atoms with E-state index in [1.54, 1.807) is 18.9 Å². The van der Waals surface area contributed by atoms with Crippen molar-refractivity contribution in [3.8, 4) is 5.75 Å². The van der Waals surface area contributed by atoms with Gasteiger partial charge in [0.05, 0.1) is 6.61 Å². The molecule has 1 aromatic rings. The second-order valence-corrected chi connectivity index (χ2v) is 6.81. The minimum atomic E-state index is -0.531. The highest BCUT2D eigenvalue weighted by Gasteiger charge is 2.28. The van der Waals surface area contributed by atoms with Crippen molar-refractivity contribution in [1.82, 2.24) is 4.90 Å². The van der Waals surface area contributed by atoms with E-state index in [0.29, 0.717) is 25.4 Å². The third-order valence-corrected chi connectivity index (χ3v) is 4.94. The standard InChI is InChI=1S/C19H26N2O4/c1-13-19(23)21(9-10-24-2)12-15-11-16(7-8-17(15)25-13)20-18(22)14-5-3-4-6-14/h7-8,11,13-14H,3-6,9-10,12H2,1-2H3,(H,20,22). The normalized spacial score (nSPS) is 20.8. The quantitative estimate of drug-likeness (QED) is 0.890. The molecule has 0 saturated heterocycles. The van der Waals surface area contributed by atoms with Crippen LogP contribution in [0.3, 0.4) is 0 Å². The molecule has 0 aromatic heterocycles. The van der Waals surface area contributed by atoms with Gasteiger partial charge in [0.25, 0.3) is 5.91 Å². The Kier molecular flexibility index (Phi) is 5.58. The molecule has 1 saturated carbocycles. The number of fused-ring (bicyclic) bond motifs is 1. The van der Waals surface area contributed by atoms with Crippen LogP contribution in [0.15, 0.2) is 18.2 Å². The molecular weight excluding hydrogens is 320 g/mol. The molecule has 1 fully saturated rings. The zero-order chi connectivity index (χ0) is 17.8. The number of rotatable bonds is 5. The number of benzene rings is 1. The summed E-state index contributed by atoms with van der Waals surface area (Å²) in [4.78, 5) is 26.5. The van der Waals surface area contributed by atoms with E-state index in [9.17, 15) is 9.59 Å². The Labute approximate surface area is 148 Å². The first-order valence-corrected chi connectivity index (χ1v) is 8.96. The monoisotopic (exact) mass is 346 g/mol. The van der Waals surface area contributed by atoms with Gasteiger partial charge >= 0.3 is 0 Å². The Bertz CT molecular complexity index is 640. The van der Waals surface area contributed by atoms with Crippen molar-refractivity contribution in [1.29, 1.82) is 0 Å². The van der Waals surface area contributed by atoms with Gasteiger partial charge in [0.2, 0.25) is 5.91 Å². The predicted molar refractivity (Wildman–Crippen MR) is 94.4 cm³/mol. The lowest BCUT2D eigenvalue weighted by Gasteiger charge is -2.21.